The van der Waals surface area contributed by atoms with Crippen LogP contribution in [0.4, 0.5) is 5.82 Å². The quantitative estimate of drug-likeness (QED) is 0.825. The van der Waals surface area contributed by atoms with E-state index >= 15 is 0 Å². The largest absolute Gasteiger partial charge is 0.309 e. The van der Waals surface area contributed by atoms with Gasteiger partial charge in [0.2, 0.25) is 5.91 Å². The van der Waals surface area contributed by atoms with Gasteiger partial charge in [-0.15, -0.1) is 12.4 Å². The average molecular weight is 242 g/mol. The molecule has 0 spiro atoms. The summed E-state index contributed by atoms with van der Waals surface area (Å²) in [6.45, 7) is 2.84. The molecule has 0 bridgehead atoms. The highest BCUT2D eigenvalue weighted by Crippen LogP contribution is 2.09. The van der Waals surface area contributed by atoms with Gasteiger partial charge in [-0.1, -0.05) is 6.07 Å². The number of pyridine rings is 1. The molecule has 0 radical (unpaired) electrons. The van der Waals surface area contributed by atoms with Crippen LogP contribution in [0.2, 0.25) is 0 Å². The fraction of sp³-hybridized carbons (Fsp3) is 0.455. The molecule has 2 heterocycles. The zero-order valence-electron chi connectivity index (χ0n) is 9.19. The number of carbonyl (C=O) groups excluding carboxylic acids is 1. The zero-order valence-corrected chi connectivity index (χ0v) is 10.0. The molecule has 2 N–H and O–H groups in total. The Morgan fingerprint density at radius 1 is 1.56 bits per heavy atom. The van der Waals surface area contributed by atoms with E-state index in [1.165, 1.54) is 0 Å². The molecule has 1 saturated heterocycles. The predicted octanol–water partition coefficient (Wildman–Crippen LogP) is 1.50. The van der Waals surface area contributed by atoms with E-state index in [2.05, 4.69) is 15.6 Å². The lowest BCUT2D eigenvalue weighted by Crippen LogP contribution is -2.35. The molecule has 1 aliphatic heterocycles. The third-order valence-corrected chi connectivity index (χ3v) is 2.52. The van der Waals surface area contributed by atoms with Crippen LogP contribution in [0.1, 0.15) is 18.5 Å². The normalized spacial score (nSPS) is 18.9. The van der Waals surface area contributed by atoms with Crippen molar-refractivity contribution in [2.45, 2.75) is 25.8 Å². The lowest BCUT2D eigenvalue weighted by molar-refractivity contribution is -0.117. The third kappa shape index (κ3) is 3.18. The zero-order chi connectivity index (χ0) is 10.7. The molecular weight excluding hydrogens is 226 g/mol. The van der Waals surface area contributed by atoms with Crippen molar-refractivity contribution in [3.8, 4) is 0 Å². The van der Waals surface area contributed by atoms with Crippen molar-refractivity contribution in [2.75, 3.05) is 11.9 Å². The monoisotopic (exact) mass is 241 g/mol. The number of amides is 1. The van der Waals surface area contributed by atoms with Gasteiger partial charge in [0.05, 0.1) is 6.04 Å². The van der Waals surface area contributed by atoms with Crippen molar-refractivity contribution in [1.29, 1.82) is 0 Å². The molecule has 2 rings (SSSR count). The van der Waals surface area contributed by atoms with Crippen LogP contribution in [0.25, 0.3) is 0 Å². The number of carbonyl (C=O) groups is 1. The Hall–Kier alpha value is -1.13. The van der Waals surface area contributed by atoms with E-state index in [0.717, 1.165) is 25.1 Å². The van der Waals surface area contributed by atoms with E-state index in [-0.39, 0.29) is 24.4 Å². The van der Waals surface area contributed by atoms with Crippen molar-refractivity contribution >= 4 is 24.1 Å². The Morgan fingerprint density at radius 3 is 3.00 bits per heavy atom. The van der Waals surface area contributed by atoms with E-state index in [4.69, 9.17) is 0 Å². The predicted molar refractivity (Wildman–Crippen MR) is 65.9 cm³/mol. The van der Waals surface area contributed by atoms with Gasteiger partial charge in [-0.3, -0.25) is 4.79 Å². The van der Waals surface area contributed by atoms with E-state index in [0.29, 0.717) is 5.82 Å². The van der Waals surface area contributed by atoms with Crippen molar-refractivity contribution < 1.29 is 4.79 Å². The van der Waals surface area contributed by atoms with E-state index in [9.17, 15) is 4.79 Å². The van der Waals surface area contributed by atoms with Crippen LogP contribution in [-0.4, -0.2) is 23.5 Å². The first-order valence-corrected chi connectivity index (χ1v) is 5.23. The highest BCUT2D eigenvalue weighted by molar-refractivity contribution is 5.94. The summed E-state index contributed by atoms with van der Waals surface area (Å²) in [7, 11) is 0. The number of hydrogen-bond acceptors (Lipinski definition) is 3. The van der Waals surface area contributed by atoms with Crippen LogP contribution in [0.3, 0.4) is 0 Å². The summed E-state index contributed by atoms with van der Waals surface area (Å²) >= 11 is 0. The summed E-state index contributed by atoms with van der Waals surface area (Å²) in [5.74, 6) is 0.652. The van der Waals surface area contributed by atoms with Crippen LogP contribution in [0.5, 0.6) is 0 Å². The first-order chi connectivity index (χ1) is 7.25. The number of nitrogens with zero attached hydrogens (tertiary/aromatic N) is 1. The number of halogens is 1. The summed E-state index contributed by atoms with van der Waals surface area (Å²) in [5, 5.41) is 5.96. The van der Waals surface area contributed by atoms with Gasteiger partial charge in [0.25, 0.3) is 0 Å². The molecular formula is C11H16ClN3O. The van der Waals surface area contributed by atoms with Crippen LogP contribution in [0, 0.1) is 6.92 Å². The molecule has 16 heavy (non-hydrogen) atoms. The second-order valence-corrected chi connectivity index (χ2v) is 3.80. The lowest BCUT2D eigenvalue weighted by Gasteiger charge is -2.10. The van der Waals surface area contributed by atoms with Crippen LogP contribution < -0.4 is 10.6 Å². The Morgan fingerprint density at radius 2 is 2.38 bits per heavy atom. The smallest absolute Gasteiger partial charge is 0.242 e. The molecule has 1 aromatic rings. The van der Waals surface area contributed by atoms with Gasteiger partial charge < -0.3 is 10.6 Å². The number of aromatic nitrogens is 1. The minimum Gasteiger partial charge on any atom is -0.309 e. The summed E-state index contributed by atoms with van der Waals surface area (Å²) in [6.07, 6.45) is 1.98. The number of anilines is 1. The first-order valence-electron chi connectivity index (χ1n) is 5.23. The molecule has 4 nitrogen and oxygen atoms in total. The van der Waals surface area contributed by atoms with E-state index in [1.54, 1.807) is 6.07 Å². The van der Waals surface area contributed by atoms with Gasteiger partial charge in [-0.2, -0.15) is 0 Å². The maximum atomic E-state index is 11.7. The highest BCUT2D eigenvalue weighted by Gasteiger charge is 2.21. The molecule has 5 heteroatoms. The summed E-state index contributed by atoms with van der Waals surface area (Å²) in [5.41, 5.74) is 0.909. The minimum absolute atomic E-state index is 0. The lowest BCUT2D eigenvalue weighted by atomic mass is 10.2. The molecule has 0 aliphatic carbocycles. The summed E-state index contributed by atoms with van der Waals surface area (Å²) in [4.78, 5) is 15.9. The topological polar surface area (TPSA) is 54.0 Å². The fourth-order valence-electron chi connectivity index (χ4n) is 1.73. The standard InChI is InChI=1S/C11H15N3O.ClH/c1-8-4-2-6-10(13-8)14-11(15)9-5-3-7-12-9;/h2,4,6,9,12H,3,5,7H2,1H3,(H,13,14,15);1H. The minimum atomic E-state index is -0.0488. The van der Waals surface area contributed by atoms with Crippen molar-refractivity contribution in [3.63, 3.8) is 0 Å². The van der Waals surface area contributed by atoms with Gasteiger partial charge in [-0.05, 0) is 38.4 Å². The Labute approximate surface area is 101 Å². The molecule has 1 aliphatic rings. The molecule has 1 unspecified atom stereocenters. The van der Waals surface area contributed by atoms with Crippen LogP contribution in [0.15, 0.2) is 18.2 Å². The molecule has 1 amide bonds. The molecule has 0 aromatic carbocycles. The number of hydrogen-bond donors (Lipinski definition) is 2. The van der Waals surface area contributed by atoms with Crippen molar-refractivity contribution in [2.24, 2.45) is 0 Å². The van der Waals surface area contributed by atoms with Crippen LogP contribution >= 0.6 is 12.4 Å². The highest BCUT2D eigenvalue weighted by atomic mass is 35.5. The Balaban J connectivity index is 0.00000128. The third-order valence-electron chi connectivity index (χ3n) is 2.52. The molecule has 88 valence electrons. The van der Waals surface area contributed by atoms with Crippen LogP contribution in [-0.2, 0) is 4.79 Å². The second-order valence-electron chi connectivity index (χ2n) is 3.80. The fourth-order valence-corrected chi connectivity index (χ4v) is 1.73. The molecule has 1 atom stereocenters. The maximum absolute atomic E-state index is 11.7. The number of aryl methyl sites for hydroxylation is 1. The van der Waals surface area contributed by atoms with E-state index < -0.39 is 0 Å². The van der Waals surface area contributed by atoms with Gasteiger partial charge in [0.1, 0.15) is 5.82 Å². The van der Waals surface area contributed by atoms with Gasteiger partial charge in [-0.25, -0.2) is 4.98 Å². The number of nitrogens with one attached hydrogen (secondary N) is 2. The van der Waals surface area contributed by atoms with Gasteiger partial charge in [0, 0.05) is 5.69 Å². The first kappa shape index (κ1) is 12.9. The number of rotatable bonds is 2. The summed E-state index contributed by atoms with van der Waals surface area (Å²) in [6, 6.07) is 5.55. The molecule has 0 saturated carbocycles. The molecule has 1 fully saturated rings. The van der Waals surface area contributed by atoms with Gasteiger partial charge >= 0.3 is 0 Å². The average Bonchev–Trinajstić information content (AvgIpc) is 2.70. The Bertz CT molecular complexity index is 364. The van der Waals surface area contributed by atoms with Crippen molar-refractivity contribution in [3.05, 3.63) is 23.9 Å². The van der Waals surface area contributed by atoms with Crippen molar-refractivity contribution in [1.82, 2.24) is 10.3 Å². The maximum Gasteiger partial charge on any atom is 0.242 e. The van der Waals surface area contributed by atoms with E-state index in [1.807, 2.05) is 19.1 Å². The SMILES string of the molecule is Cc1cccc(NC(=O)C2CCCN2)n1.Cl. The van der Waals surface area contributed by atoms with Gasteiger partial charge in [0.15, 0.2) is 0 Å². The summed E-state index contributed by atoms with van der Waals surface area (Å²) < 4.78 is 0. The molecule has 1 aromatic heterocycles. The second kappa shape index (κ2) is 5.82. The Kier molecular flexibility index (Phi) is 4.71.